The molecule has 0 saturated heterocycles. The quantitative estimate of drug-likeness (QED) is 0.386. The van der Waals surface area contributed by atoms with Crippen molar-refractivity contribution in [3.63, 3.8) is 0 Å². The maximum absolute atomic E-state index is 14.6. The van der Waals surface area contributed by atoms with Gasteiger partial charge in [0.2, 0.25) is 5.95 Å². The lowest BCUT2D eigenvalue weighted by atomic mass is 9.95. The van der Waals surface area contributed by atoms with Crippen LogP contribution in [-0.2, 0) is 6.54 Å². The molecule has 6 heteroatoms. The van der Waals surface area contributed by atoms with Crippen LogP contribution in [0.1, 0.15) is 27.8 Å². The molecule has 1 aromatic heterocycles. The number of hydrogen-bond donors (Lipinski definition) is 1. The predicted molar refractivity (Wildman–Crippen MR) is 127 cm³/mol. The summed E-state index contributed by atoms with van der Waals surface area (Å²) in [6.45, 7) is 4.45. The highest BCUT2D eigenvalue weighted by Crippen LogP contribution is 2.34. The summed E-state index contributed by atoms with van der Waals surface area (Å²) in [4.78, 5) is 14.1. The number of nitrogens with one attached hydrogen (secondary N) is 1. The molecule has 0 amide bonds. The highest BCUT2D eigenvalue weighted by Gasteiger charge is 2.23. The van der Waals surface area contributed by atoms with Crippen LogP contribution in [-0.4, -0.2) is 15.7 Å². The summed E-state index contributed by atoms with van der Waals surface area (Å²) in [6, 6.07) is 18.4. The summed E-state index contributed by atoms with van der Waals surface area (Å²) in [5.74, 6) is 0.162. The normalized spacial score (nSPS) is 12.4. The summed E-state index contributed by atoms with van der Waals surface area (Å²) < 4.78 is 14.6. The smallest absolute Gasteiger partial charge is 0.227 e. The standard InChI is InChI=1S/C26H20ClFN4/c1-15-9-16(2)11-19(10-15)31-26-30-14-17-13-29-25(21-5-3-4-6-23(21)28)22-12-18(27)7-8-20(22)24(17)32-26/h3-12,14H,13H2,1-2H3,(H,30,31,32). The SMILES string of the molecule is Cc1cc(C)cc(Nc2ncc3c(n2)-c2ccc(Cl)cc2C(c2ccccc2F)=NC3)c1. The molecular formula is C26H20ClFN4. The van der Waals surface area contributed by atoms with Crippen molar-refractivity contribution in [3.05, 3.63) is 106 Å². The zero-order valence-corrected chi connectivity index (χ0v) is 18.4. The highest BCUT2D eigenvalue weighted by atomic mass is 35.5. The van der Waals surface area contributed by atoms with Gasteiger partial charge in [-0.1, -0.05) is 35.9 Å². The van der Waals surface area contributed by atoms with Crippen LogP contribution in [0, 0.1) is 19.7 Å². The van der Waals surface area contributed by atoms with Crippen LogP contribution in [0.3, 0.4) is 0 Å². The third-order valence-corrected chi connectivity index (χ3v) is 5.61. The number of hydrogen-bond acceptors (Lipinski definition) is 4. The number of fused-ring (bicyclic) bond motifs is 3. The summed E-state index contributed by atoms with van der Waals surface area (Å²) >= 11 is 6.32. The van der Waals surface area contributed by atoms with E-state index in [0.29, 0.717) is 28.8 Å². The van der Waals surface area contributed by atoms with Crippen LogP contribution in [0.15, 0.2) is 71.9 Å². The number of anilines is 2. The van der Waals surface area contributed by atoms with Gasteiger partial charge in [0.15, 0.2) is 0 Å². The number of halogens is 2. The highest BCUT2D eigenvalue weighted by molar-refractivity contribution is 6.31. The van der Waals surface area contributed by atoms with Crippen molar-refractivity contribution in [2.75, 3.05) is 5.32 Å². The third kappa shape index (κ3) is 3.87. The maximum atomic E-state index is 14.6. The first-order valence-corrected chi connectivity index (χ1v) is 10.7. The van der Waals surface area contributed by atoms with Crippen molar-refractivity contribution in [1.82, 2.24) is 9.97 Å². The largest absolute Gasteiger partial charge is 0.324 e. The number of aromatic nitrogens is 2. The summed E-state index contributed by atoms with van der Waals surface area (Å²) in [6.07, 6.45) is 1.78. The minimum absolute atomic E-state index is 0.327. The first-order valence-electron chi connectivity index (χ1n) is 10.3. The van der Waals surface area contributed by atoms with Crippen molar-refractivity contribution in [2.45, 2.75) is 20.4 Å². The van der Waals surface area contributed by atoms with E-state index in [1.807, 2.05) is 18.2 Å². The Hall–Kier alpha value is -3.57. The molecule has 0 spiro atoms. The number of aryl methyl sites for hydroxylation is 2. The number of nitrogens with zero attached hydrogens (tertiary/aromatic N) is 3. The first kappa shape index (κ1) is 20.3. The van der Waals surface area contributed by atoms with E-state index in [0.717, 1.165) is 39.2 Å². The Morgan fingerprint density at radius 2 is 1.69 bits per heavy atom. The van der Waals surface area contributed by atoms with Gasteiger partial charge in [-0.15, -0.1) is 0 Å². The van der Waals surface area contributed by atoms with E-state index in [2.05, 4.69) is 42.3 Å². The van der Waals surface area contributed by atoms with Gasteiger partial charge in [0, 0.05) is 39.2 Å². The molecule has 3 aromatic carbocycles. The topological polar surface area (TPSA) is 50.2 Å². The molecule has 32 heavy (non-hydrogen) atoms. The van der Waals surface area contributed by atoms with Gasteiger partial charge < -0.3 is 5.32 Å². The van der Waals surface area contributed by atoms with Crippen LogP contribution < -0.4 is 5.32 Å². The Morgan fingerprint density at radius 3 is 2.47 bits per heavy atom. The van der Waals surface area contributed by atoms with Gasteiger partial charge in [0.25, 0.3) is 0 Å². The molecule has 0 atom stereocenters. The number of benzene rings is 3. The van der Waals surface area contributed by atoms with E-state index >= 15 is 0 Å². The Labute approximate surface area is 190 Å². The zero-order valence-electron chi connectivity index (χ0n) is 17.7. The van der Waals surface area contributed by atoms with Gasteiger partial charge in [-0.2, -0.15) is 0 Å². The fourth-order valence-corrected chi connectivity index (χ4v) is 4.22. The molecule has 2 heterocycles. The second kappa shape index (κ2) is 8.17. The second-order valence-electron chi connectivity index (χ2n) is 7.90. The van der Waals surface area contributed by atoms with Gasteiger partial charge in [0.1, 0.15) is 5.82 Å². The van der Waals surface area contributed by atoms with Crippen LogP contribution >= 0.6 is 11.6 Å². The molecule has 0 aliphatic carbocycles. The fraction of sp³-hybridized carbons (Fsp3) is 0.115. The van der Waals surface area contributed by atoms with Crippen LogP contribution in [0.2, 0.25) is 5.02 Å². The van der Waals surface area contributed by atoms with E-state index in [4.69, 9.17) is 21.6 Å². The monoisotopic (exact) mass is 442 g/mol. The lowest BCUT2D eigenvalue weighted by molar-refractivity contribution is 0.625. The Balaban J connectivity index is 1.62. The van der Waals surface area contributed by atoms with Crippen molar-refractivity contribution >= 4 is 28.9 Å². The Kier molecular flexibility index (Phi) is 5.19. The molecule has 4 nitrogen and oxygen atoms in total. The Morgan fingerprint density at radius 1 is 0.906 bits per heavy atom. The molecule has 0 unspecified atom stereocenters. The second-order valence-corrected chi connectivity index (χ2v) is 8.34. The molecule has 0 saturated carbocycles. The molecule has 1 N–H and O–H groups in total. The van der Waals surface area contributed by atoms with E-state index in [9.17, 15) is 4.39 Å². The van der Waals surface area contributed by atoms with Gasteiger partial charge in [0.05, 0.1) is 18.0 Å². The van der Waals surface area contributed by atoms with Gasteiger partial charge in [-0.3, -0.25) is 4.99 Å². The van der Waals surface area contributed by atoms with Crippen molar-refractivity contribution in [1.29, 1.82) is 0 Å². The fourth-order valence-electron chi connectivity index (χ4n) is 4.04. The van der Waals surface area contributed by atoms with Crippen molar-refractivity contribution < 1.29 is 4.39 Å². The molecule has 0 fully saturated rings. The molecule has 4 aromatic rings. The lowest BCUT2D eigenvalue weighted by Gasteiger charge is -2.13. The summed E-state index contributed by atoms with van der Waals surface area (Å²) in [7, 11) is 0. The molecule has 158 valence electrons. The van der Waals surface area contributed by atoms with Gasteiger partial charge >= 0.3 is 0 Å². The molecular weight excluding hydrogens is 423 g/mol. The maximum Gasteiger partial charge on any atom is 0.227 e. The number of rotatable bonds is 3. The molecule has 5 rings (SSSR count). The van der Waals surface area contributed by atoms with Gasteiger partial charge in [-0.05, 0) is 61.4 Å². The van der Waals surface area contributed by atoms with Crippen molar-refractivity contribution in [2.24, 2.45) is 4.99 Å². The van der Waals surface area contributed by atoms with E-state index in [1.165, 1.54) is 6.07 Å². The van der Waals surface area contributed by atoms with Gasteiger partial charge in [-0.25, -0.2) is 14.4 Å². The Bertz CT molecular complexity index is 1360. The van der Waals surface area contributed by atoms with Crippen LogP contribution in [0.5, 0.6) is 0 Å². The summed E-state index contributed by atoms with van der Waals surface area (Å²) in [5, 5.41) is 3.86. The van der Waals surface area contributed by atoms with Crippen LogP contribution in [0.25, 0.3) is 11.3 Å². The average molecular weight is 443 g/mol. The summed E-state index contributed by atoms with van der Waals surface area (Å²) in [5.41, 5.74) is 7.45. The number of aliphatic imine (C=N–C) groups is 1. The minimum Gasteiger partial charge on any atom is -0.324 e. The molecule has 1 aliphatic rings. The van der Waals surface area contributed by atoms with E-state index in [1.54, 1.807) is 24.4 Å². The van der Waals surface area contributed by atoms with Crippen molar-refractivity contribution in [3.8, 4) is 11.3 Å². The van der Waals surface area contributed by atoms with Crippen LogP contribution in [0.4, 0.5) is 16.0 Å². The van der Waals surface area contributed by atoms with E-state index < -0.39 is 0 Å². The predicted octanol–water partition coefficient (Wildman–Crippen LogP) is 6.65. The third-order valence-electron chi connectivity index (χ3n) is 5.37. The first-order chi connectivity index (χ1) is 15.5. The average Bonchev–Trinajstić information content (AvgIpc) is 2.90. The molecule has 0 radical (unpaired) electrons. The van der Waals surface area contributed by atoms with E-state index in [-0.39, 0.29) is 5.82 Å². The lowest BCUT2D eigenvalue weighted by Crippen LogP contribution is -2.07. The molecule has 0 bridgehead atoms. The minimum atomic E-state index is -0.327. The zero-order chi connectivity index (χ0) is 22.2. The molecule has 1 aliphatic heterocycles.